The third kappa shape index (κ3) is 6.09. The molecular formula is C33H43F2N9O3S. The highest BCUT2D eigenvalue weighted by molar-refractivity contribution is 7.14. The highest BCUT2D eigenvalue weighted by Crippen LogP contribution is 2.46. The Kier molecular flexibility index (Phi) is 8.73. The van der Waals surface area contributed by atoms with Gasteiger partial charge in [0.25, 0.3) is 11.8 Å². The summed E-state index contributed by atoms with van der Waals surface area (Å²) in [4.78, 5) is 43.4. The van der Waals surface area contributed by atoms with Gasteiger partial charge in [0, 0.05) is 42.9 Å². The number of anilines is 2. The van der Waals surface area contributed by atoms with Crippen LogP contribution in [0, 0.1) is 5.92 Å². The van der Waals surface area contributed by atoms with Crippen molar-refractivity contribution in [1.82, 2.24) is 34.5 Å². The predicted molar refractivity (Wildman–Crippen MR) is 177 cm³/mol. The topological polar surface area (TPSA) is 144 Å². The predicted octanol–water partition coefficient (Wildman–Crippen LogP) is 4.98. The van der Waals surface area contributed by atoms with Crippen molar-refractivity contribution >= 4 is 34.2 Å². The molecule has 3 fully saturated rings. The number of rotatable bonds is 6. The SMILES string of the molecule is CC1CCN(C2CCN(C(=O)C(F)(F)c3csc(NC(=O)c4nn(C5CCCCO5)c5c4C(C)(C)Cc4cnc(N)nc4-5)n3)CC2)CC1. The molecule has 0 aromatic carbocycles. The van der Waals surface area contributed by atoms with Gasteiger partial charge in [-0.1, -0.05) is 20.8 Å². The standard InChI is InChI=1S/C33H43F2N9O3S/c1-19-7-11-42(12-8-19)21-9-13-43(14-10-21)29(46)33(34,35)22-18-48-31(38-22)40-28(45)26-24-27(44(41-26)23-6-4-5-15-47-23)25-20(16-32(24,2)3)17-37-30(36)39-25/h17-19,21,23H,4-16H2,1-3H3,(H2,36,37,39)(H,38,40,45). The average Bonchev–Trinajstić information content (AvgIpc) is 3.73. The van der Waals surface area contributed by atoms with E-state index in [2.05, 4.69) is 32.1 Å². The van der Waals surface area contributed by atoms with Crippen molar-refractivity contribution in [3.63, 3.8) is 0 Å². The first-order valence-corrected chi connectivity index (χ1v) is 17.9. The van der Waals surface area contributed by atoms with E-state index in [1.165, 1.54) is 4.90 Å². The number of carbonyl (C=O) groups excluding carboxylic acids is 2. The molecular weight excluding hydrogens is 640 g/mol. The van der Waals surface area contributed by atoms with Crippen LogP contribution in [0.2, 0.25) is 0 Å². The number of hydrogen-bond donors (Lipinski definition) is 2. The van der Waals surface area contributed by atoms with Crippen LogP contribution >= 0.6 is 11.3 Å². The molecule has 12 nitrogen and oxygen atoms in total. The van der Waals surface area contributed by atoms with Crippen LogP contribution in [-0.4, -0.2) is 85.2 Å². The van der Waals surface area contributed by atoms with Crippen LogP contribution in [0.15, 0.2) is 11.6 Å². The number of halogens is 2. The smallest absolute Gasteiger partial charge is 0.367 e. The van der Waals surface area contributed by atoms with Crippen molar-refractivity contribution in [3.8, 4) is 11.4 Å². The minimum absolute atomic E-state index is 0.0432. The molecule has 2 amide bonds. The van der Waals surface area contributed by atoms with Crippen LogP contribution in [0.1, 0.15) is 99.3 Å². The van der Waals surface area contributed by atoms with E-state index in [0.29, 0.717) is 61.2 Å². The van der Waals surface area contributed by atoms with Gasteiger partial charge in [-0.25, -0.2) is 19.6 Å². The summed E-state index contributed by atoms with van der Waals surface area (Å²) in [5.74, 6) is -4.85. The number of nitrogens with one attached hydrogen (secondary N) is 1. The van der Waals surface area contributed by atoms with Gasteiger partial charge in [0.1, 0.15) is 5.69 Å². The summed E-state index contributed by atoms with van der Waals surface area (Å²) in [6, 6.07) is 0.318. The molecule has 0 bridgehead atoms. The van der Waals surface area contributed by atoms with Crippen molar-refractivity contribution in [3.05, 3.63) is 34.1 Å². The minimum Gasteiger partial charge on any atom is -0.368 e. The lowest BCUT2D eigenvalue weighted by molar-refractivity contribution is -0.161. The van der Waals surface area contributed by atoms with Gasteiger partial charge >= 0.3 is 5.92 Å². The Balaban J connectivity index is 1.10. The van der Waals surface area contributed by atoms with E-state index < -0.39 is 35.1 Å². The summed E-state index contributed by atoms with van der Waals surface area (Å²) in [5, 5.41) is 8.55. The highest BCUT2D eigenvalue weighted by atomic mass is 32.1. The van der Waals surface area contributed by atoms with Crippen molar-refractivity contribution in [2.75, 3.05) is 43.8 Å². The van der Waals surface area contributed by atoms with Crippen LogP contribution in [0.4, 0.5) is 19.9 Å². The molecule has 3 N–H and O–H groups in total. The molecule has 0 radical (unpaired) electrons. The van der Waals surface area contributed by atoms with Gasteiger partial charge in [-0.15, -0.1) is 11.3 Å². The maximum Gasteiger partial charge on any atom is 0.367 e. The molecule has 15 heteroatoms. The summed E-state index contributed by atoms with van der Waals surface area (Å²) in [6.45, 7) is 9.46. The second kappa shape index (κ2) is 12.7. The van der Waals surface area contributed by atoms with E-state index in [-0.39, 0.29) is 29.9 Å². The number of alkyl halides is 2. The first-order chi connectivity index (χ1) is 22.9. The van der Waals surface area contributed by atoms with Gasteiger partial charge in [0.15, 0.2) is 17.1 Å². The summed E-state index contributed by atoms with van der Waals surface area (Å²) in [5.41, 5.74) is 7.69. The maximum absolute atomic E-state index is 15.6. The fourth-order valence-corrected chi connectivity index (χ4v) is 8.40. The summed E-state index contributed by atoms with van der Waals surface area (Å²) in [6.07, 6.45) is 8.07. The first-order valence-electron chi connectivity index (χ1n) is 17.0. The fourth-order valence-electron chi connectivity index (χ4n) is 7.67. The Hall–Kier alpha value is -3.56. The van der Waals surface area contributed by atoms with Gasteiger partial charge in [-0.2, -0.15) is 13.9 Å². The number of fused-ring (bicyclic) bond motifs is 3. The lowest BCUT2D eigenvalue weighted by Crippen LogP contribution is -2.51. The van der Waals surface area contributed by atoms with Gasteiger partial charge in [0.05, 0.1) is 11.4 Å². The molecule has 258 valence electrons. The number of nitrogens with two attached hydrogens (primary N) is 1. The first kappa shape index (κ1) is 33.0. The second-order valence-electron chi connectivity index (χ2n) is 14.3. The number of nitrogens with zero attached hydrogens (tertiary/aromatic N) is 7. The Morgan fingerprint density at radius 3 is 2.54 bits per heavy atom. The zero-order valence-electron chi connectivity index (χ0n) is 27.7. The number of aromatic nitrogens is 5. The van der Waals surface area contributed by atoms with Crippen LogP contribution < -0.4 is 11.1 Å². The van der Waals surface area contributed by atoms with E-state index >= 15 is 8.78 Å². The van der Waals surface area contributed by atoms with E-state index in [0.717, 1.165) is 61.1 Å². The Morgan fingerprint density at radius 1 is 1.08 bits per heavy atom. The molecule has 1 atom stereocenters. The molecule has 1 unspecified atom stereocenters. The summed E-state index contributed by atoms with van der Waals surface area (Å²) < 4.78 is 39.0. The van der Waals surface area contributed by atoms with Crippen molar-refractivity contribution < 1.29 is 23.1 Å². The average molecular weight is 684 g/mol. The number of likely N-dealkylation sites (tertiary alicyclic amines) is 2. The quantitative estimate of drug-likeness (QED) is 0.368. The van der Waals surface area contributed by atoms with Crippen LogP contribution in [0.5, 0.6) is 0 Å². The molecule has 4 aliphatic rings. The third-order valence-electron chi connectivity index (χ3n) is 10.4. The summed E-state index contributed by atoms with van der Waals surface area (Å²) in [7, 11) is 0. The lowest BCUT2D eigenvalue weighted by atomic mass is 9.73. The molecule has 0 saturated carbocycles. The number of nitrogen functional groups attached to an aromatic ring is 1. The Bertz CT molecular complexity index is 1690. The van der Waals surface area contributed by atoms with Gasteiger partial charge < -0.3 is 20.3 Å². The molecule has 6 heterocycles. The van der Waals surface area contributed by atoms with E-state index in [1.54, 1.807) is 10.9 Å². The molecule has 3 aliphatic heterocycles. The van der Waals surface area contributed by atoms with Crippen LogP contribution in [0.3, 0.4) is 0 Å². The van der Waals surface area contributed by atoms with Gasteiger partial charge in [0.2, 0.25) is 5.95 Å². The molecule has 3 saturated heterocycles. The summed E-state index contributed by atoms with van der Waals surface area (Å²) >= 11 is 0.849. The number of amides is 2. The van der Waals surface area contributed by atoms with Crippen molar-refractivity contribution in [2.45, 2.75) is 95.7 Å². The van der Waals surface area contributed by atoms with E-state index in [4.69, 9.17) is 15.6 Å². The largest absolute Gasteiger partial charge is 0.368 e. The number of ether oxygens (including phenoxy) is 1. The third-order valence-corrected chi connectivity index (χ3v) is 11.1. The van der Waals surface area contributed by atoms with Crippen LogP contribution in [-0.2, 0) is 27.3 Å². The van der Waals surface area contributed by atoms with Crippen LogP contribution in [0.25, 0.3) is 11.4 Å². The van der Waals surface area contributed by atoms with E-state index in [9.17, 15) is 9.59 Å². The number of thiazole rings is 1. The number of hydrogen-bond acceptors (Lipinski definition) is 10. The molecule has 3 aromatic rings. The molecule has 1 aliphatic carbocycles. The number of piperidine rings is 2. The zero-order chi connectivity index (χ0) is 33.8. The minimum atomic E-state index is -3.82. The van der Waals surface area contributed by atoms with Crippen molar-refractivity contribution in [1.29, 1.82) is 0 Å². The Morgan fingerprint density at radius 2 is 1.83 bits per heavy atom. The Labute approximate surface area is 282 Å². The van der Waals surface area contributed by atoms with Crippen molar-refractivity contribution in [2.24, 2.45) is 5.92 Å². The second-order valence-corrected chi connectivity index (χ2v) is 15.2. The molecule has 48 heavy (non-hydrogen) atoms. The van der Waals surface area contributed by atoms with Gasteiger partial charge in [-0.3, -0.25) is 14.9 Å². The monoisotopic (exact) mass is 683 g/mol. The van der Waals surface area contributed by atoms with E-state index in [1.807, 2.05) is 13.8 Å². The highest BCUT2D eigenvalue weighted by Gasteiger charge is 2.47. The molecule has 0 spiro atoms. The molecule has 7 rings (SSSR count). The number of carbonyl (C=O) groups is 2. The van der Waals surface area contributed by atoms with Gasteiger partial charge in [-0.05, 0) is 81.4 Å². The normalized spacial score (nSPS) is 22.3. The molecule has 3 aromatic heterocycles. The maximum atomic E-state index is 15.6. The zero-order valence-corrected chi connectivity index (χ0v) is 28.5. The lowest BCUT2D eigenvalue weighted by Gasteiger charge is -2.41. The fraction of sp³-hybridized carbons (Fsp3) is 0.636.